The Morgan fingerprint density at radius 1 is 1.15 bits per heavy atom. The van der Waals surface area contributed by atoms with Crippen molar-refractivity contribution in [2.24, 2.45) is 0 Å². The number of nitrogens with two attached hydrogens (primary N) is 1. The number of nitrogens with zero attached hydrogens (tertiary/aromatic N) is 2. The van der Waals surface area contributed by atoms with Crippen LogP contribution in [0.15, 0.2) is 36.7 Å². The van der Waals surface area contributed by atoms with Crippen molar-refractivity contribution in [3.8, 4) is 11.1 Å². The number of hydrogen-bond donors (Lipinski definition) is 2. The van der Waals surface area contributed by atoms with E-state index in [0.29, 0.717) is 22.0 Å². The number of nitrogen functional groups attached to an aromatic ring is 1. The Morgan fingerprint density at radius 3 is 2.65 bits per heavy atom. The number of pyridine rings is 1. The van der Waals surface area contributed by atoms with E-state index >= 15 is 0 Å². The van der Waals surface area contributed by atoms with Gasteiger partial charge in [-0.2, -0.15) is 18.3 Å². The molecule has 0 aliphatic carbocycles. The molecule has 0 saturated carbocycles. The van der Waals surface area contributed by atoms with Crippen LogP contribution in [0.2, 0.25) is 0 Å². The van der Waals surface area contributed by atoms with Crippen LogP contribution in [0.3, 0.4) is 0 Å². The Balaban J connectivity index is 2.34. The number of H-pyrrole nitrogens is 1. The first-order chi connectivity index (χ1) is 9.47. The van der Waals surface area contributed by atoms with Crippen molar-refractivity contribution in [1.29, 1.82) is 0 Å². The fourth-order valence-corrected chi connectivity index (χ4v) is 2.08. The van der Waals surface area contributed by atoms with Gasteiger partial charge in [0.15, 0.2) is 0 Å². The molecule has 4 nitrogen and oxygen atoms in total. The highest BCUT2D eigenvalue weighted by Gasteiger charge is 2.32. The summed E-state index contributed by atoms with van der Waals surface area (Å²) in [5.41, 5.74) is 6.10. The van der Waals surface area contributed by atoms with Gasteiger partial charge in [-0.15, -0.1) is 0 Å². The van der Waals surface area contributed by atoms with E-state index < -0.39 is 11.7 Å². The molecule has 1 aromatic carbocycles. The smallest absolute Gasteiger partial charge is 0.383 e. The molecule has 0 saturated heterocycles. The van der Waals surface area contributed by atoms with Crippen LogP contribution in [0.1, 0.15) is 5.56 Å². The zero-order chi connectivity index (χ0) is 14.3. The van der Waals surface area contributed by atoms with E-state index in [4.69, 9.17) is 5.73 Å². The molecule has 0 amide bonds. The average molecular weight is 278 g/mol. The van der Waals surface area contributed by atoms with E-state index in [1.807, 2.05) is 0 Å². The maximum Gasteiger partial charge on any atom is 0.416 e. The van der Waals surface area contributed by atoms with E-state index in [-0.39, 0.29) is 5.82 Å². The normalized spacial score (nSPS) is 11.9. The maximum absolute atomic E-state index is 12.9. The molecule has 0 fully saturated rings. The lowest BCUT2D eigenvalue weighted by molar-refractivity contribution is -0.137. The number of benzene rings is 1. The molecule has 0 spiro atoms. The van der Waals surface area contributed by atoms with Gasteiger partial charge in [-0.3, -0.25) is 5.10 Å². The lowest BCUT2D eigenvalue weighted by Crippen LogP contribution is -2.05. The minimum Gasteiger partial charge on any atom is -0.383 e. The molecular formula is C13H9F3N4. The van der Waals surface area contributed by atoms with Crippen molar-refractivity contribution >= 4 is 16.7 Å². The van der Waals surface area contributed by atoms with Gasteiger partial charge in [0, 0.05) is 17.1 Å². The minimum atomic E-state index is -4.44. The van der Waals surface area contributed by atoms with E-state index in [0.717, 1.165) is 12.1 Å². The summed E-state index contributed by atoms with van der Waals surface area (Å²) in [5, 5.41) is 6.90. The van der Waals surface area contributed by atoms with Crippen molar-refractivity contribution in [1.82, 2.24) is 15.2 Å². The van der Waals surface area contributed by atoms with Gasteiger partial charge in [0.2, 0.25) is 0 Å². The van der Waals surface area contributed by atoms with Crippen LogP contribution in [0.25, 0.3) is 22.0 Å². The summed E-state index contributed by atoms with van der Waals surface area (Å²) in [6.45, 7) is 0. The van der Waals surface area contributed by atoms with Crippen molar-refractivity contribution in [3.05, 3.63) is 42.2 Å². The molecule has 0 radical (unpaired) electrons. The van der Waals surface area contributed by atoms with Crippen molar-refractivity contribution in [3.63, 3.8) is 0 Å². The van der Waals surface area contributed by atoms with Crippen molar-refractivity contribution < 1.29 is 13.2 Å². The second-order valence-corrected chi connectivity index (χ2v) is 4.29. The third kappa shape index (κ3) is 1.97. The predicted molar refractivity (Wildman–Crippen MR) is 68.7 cm³/mol. The molecule has 2 aromatic heterocycles. The van der Waals surface area contributed by atoms with E-state index in [2.05, 4.69) is 15.2 Å². The fourth-order valence-electron chi connectivity index (χ4n) is 2.08. The Morgan fingerprint density at radius 2 is 1.95 bits per heavy atom. The predicted octanol–water partition coefficient (Wildman–Crippen LogP) is 3.23. The number of rotatable bonds is 1. The molecule has 102 valence electrons. The first-order valence-electron chi connectivity index (χ1n) is 5.72. The average Bonchev–Trinajstić information content (AvgIpc) is 2.85. The number of hydrogen-bond acceptors (Lipinski definition) is 3. The summed E-state index contributed by atoms with van der Waals surface area (Å²) >= 11 is 0. The van der Waals surface area contributed by atoms with Crippen LogP contribution < -0.4 is 5.73 Å². The molecule has 0 bridgehead atoms. The second-order valence-electron chi connectivity index (χ2n) is 4.29. The summed E-state index contributed by atoms with van der Waals surface area (Å²) in [6.07, 6.45) is -1.48. The Bertz CT molecular complexity index is 777. The first kappa shape index (κ1) is 12.5. The molecule has 7 heteroatoms. The molecule has 3 rings (SSSR count). The van der Waals surface area contributed by atoms with Crippen LogP contribution in [0.4, 0.5) is 19.0 Å². The monoisotopic (exact) mass is 278 g/mol. The zero-order valence-electron chi connectivity index (χ0n) is 10.1. The highest BCUT2D eigenvalue weighted by molar-refractivity contribution is 5.97. The van der Waals surface area contributed by atoms with Crippen LogP contribution >= 0.6 is 0 Å². The second kappa shape index (κ2) is 4.22. The molecule has 0 unspecified atom stereocenters. The summed E-state index contributed by atoms with van der Waals surface area (Å²) < 4.78 is 38.8. The molecule has 0 aliphatic heterocycles. The van der Waals surface area contributed by atoms with Gasteiger partial charge in [0.05, 0.1) is 17.3 Å². The Labute approximate surface area is 111 Å². The molecule has 20 heavy (non-hydrogen) atoms. The van der Waals surface area contributed by atoms with Crippen LogP contribution in [0, 0.1) is 0 Å². The zero-order valence-corrected chi connectivity index (χ0v) is 10.1. The summed E-state index contributed by atoms with van der Waals surface area (Å²) in [7, 11) is 0. The van der Waals surface area contributed by atoms with Crippen LogP contribution in [-0.2, 0) is 6.18 Å². The highest BCUT2D eigenvalue weighted by atomic mass is 19.4. The molecule has 3 aromatic rings. The van der Waals surface area contributed by atoms with Gasteiger partial charge in [-0.25, -0.2) is 4.98 Å². The van der Waals surface area contributed by atoms with Gasteiger partial charge in [-0.1, -0.05) is 0 Å². The number of alkyl halides is 3. The van der Waals surface area contributed by atoms with Crippen molar-refractivity contribution in [2.75, 3.05) is 5.73 Å². The number of aromatic amines is 1. The SMILES string of the molecule is Nc1ncccc1-c1cc(C(F)(F)F)cc2[nH]ncc12. The Kier molecular flexibility index (Phi) is 2.63. The maximum atomic E-state index is 12.9. The number of aromatic nitrogens is 3. The topological polar surface area (TPSA) is 67.6 Å². The number of anilines is 1. The third-order valence-corrected chi connectivity index (χ3v) is 3.01. The number of fused-ring (bicyclic) bond motifs is 1. The summed E-state index contributed by atoms with van der Waals surface area (Å²) in [4.78, 5) is 3.90. The van der Waals surface area contributed by atoms with Crippen LogP contribution in [-0.4, -0.2) is 15.2 Å². The summed E-state index contributed by atoms with van der Waals surface area (Å²) in [6, 6.07) is 5.34. The molecule has 0 atom stereocenters. The van der Waals surface area contributed by atoms with Gasteiger partial charge < -0.3 is 5.73 Å². The molecule has 2 heterocycles. The lowest BCUT2D eigenvalue weighted by atomic mass is 9.99. The van der Waals surface area contributed by atoms with Gasteiger partial charge in [0.1, 0.15) is 5.82 Å². The van der Waals surface area contributed by atoms with E-state index in [1.54, 1.807) is 12.1 Å². The fraction of sp³-hybridized carbons (Fsp3) is 0.0769. The van der Waals surface area contributed by atoms with E-state index in [1.165, 1.54) is 12.4 Å². The first-order valence-corrected chi connectivity index (χ1v) is 5.72. The van der Waals surface area contributed by atoms with Gasteiger partial charge >= 0.3 is 6.18 Å². The standard InChI is InChI=1S/C13H9F3N4/c14-13(15,16)7-4-9(8-2-1-3-18-12(8)17)10-6-19-20-11(10)5-7/h1-6H,(H2,17,18)(H,19,20). The lowest BCUT2D eigenvalue weighted by Gasteiger charge is -2.11. The Hall–Kier alpha value is -2.57. The van der Waals surface area contributed by atoms with Gasteiger partial charge in [-0.05, 0) is 29.8 Å². The molecular weight excluding hydrogens is 269 g/mol. The third-order valence-electron chi connectivity index (χ3n) is 3.01. The highest BCUT2D eigenvalue weighted by Crippen LogP contribution is 2.37. The minimum absolute atomic E-state index is 0.175. The van der Waals surface area contributed by atoms with Crippen molar-refractivity contribution in [2.45, 2.75) is 6.18 Å². The largest absolute Gasteiger partial charge is 0.416 e. The van der Waals surface area contributed by atoms with E-state index in [9.17, 15) is 13.2 Å². The van der Waals surface area contributed by atoms with Crippen LogP contribution in [0.5, 0.6) is 0 Å². The molecule has 0 aliphatic rings. The molecule has 3 N–H and O–H groups in total. The number of halogens is 3. The number of nitrogens with one attached hydrogen (secondary N) is 1. The quantitative estimate of drug-likeness (QED) is 0.718. The van der Waals surface area contributed by atoms with Gasteiger partial charge in [0.25, 0.3) is 0 Å². The summed E-state index contributed by atoms with van der Waals surface area (Å²) in [5.74, 6) is 0.175.